The van der Waals surface area contributed by atoms with E-state index in [4.69, 9.17) is 5.84 Å². The highest BCUT2D eigenvalue weighted by Gasteiger charge is 2.29. The molecule has 1 unspecified atom stereocenters. The van der Waals surface area contributed by atoms with Gasteiger partial charge < -0.3 is 0 Å². The molecule has 0 saturated carbocycles. The van der Waals surface area contributed by atoms with Crippen LogP contribution in [0.2, 0.25) is 0 Å². The van der Waals surface area contributed by atoms with Crippen LogP contribution >= 0.6 is 0 Å². The highest BCUT2D eigenvalue weighted by atomic mass is 15.4. The maximum atomic E-state index is 5.83. The molecule has 1 saturated heterocycles. The topological polar surface area (TPSA) is 32.5 Å². The number of nitrogens with zero attached hydrogens (tertiary/aromatic N) is 2. The van der Waals surface area contributed by atoms with Crippen molar-refractivity contribution in [1.82, 2.24) is 9.91 Å². The van der Waals surface area contributed by atoms with Crippen LogP contribution < -0.4 is 5.84 Å². The Morgan fingerprint density at radius 2 is 1.77 bits per heavy atom. The maximum Gasteiger partial charge on any atom is 0.0288 e. The Hall–Kier alpha value is -0.120. The predicted molar refractivity (Wildman–Crippen MR) is 56.2 cm³/mol. The minimum absolute atomic E-state index is 0.624. The summed E-state index contributed by atoms with van der Waals surface area (Å²) in [5, 5.41) is 1.95. The lowest BCUT2D eigenvalue weighted by Gasteiger charge is -2.44. The summed E-state index contributed by atoms with van der Waals surface area (Å²) < 4.78 is 0. The van der Waals surface area contributed by atoms with Crippen molar-refractivity contribution in [3.63, 3.8) is 0 Å². The monoisotopic (exact) mass is 185 g/mol. The van der Waals surface area contributed by atoms with Gasteiger partial charge in [-0.25, -0.2) is 5.01 Å². The molecule has 0 aromatic heterocycles. The molecule has 0 bridgehead atoms. The summed E-state index contributed by atoms with van der Waals surface area (Å²) in [5.41, 5.74) is 0. The minimum Gasteiger partial charge on any atom is -0.295 e. The zero-order valence-corrected chi connectivity index (χ0v) is 9.33. The first-order valence-corrected chi connectivity index (χ1v) is 5.27. The summed E-state index contributed by atoms with van der Waals surface area (Å²) in [7, 11) is 0. The van der Waals surface area contributed by atoms with Gasteiger partial charge in [-0.2, -0.15) is 0 Å². The van der Waals surface area contributed by atoms with Crippen LogP contribution in [0, 0.1) is 5.92 Å². The third-order valence-corrected chi connectivity index (χ3v) is 2.93. The third-order valence-electron chi connectivity index (χ3n) is 2.93. The summed E-state index contributed by atoms with van der Waals surface area (Å²) in [6.45, 7) is 12.2. The molecule has 0 aromatic rings. The molecule has 3 nitrogen and oxygen atoms in total. The van der Waals surface area contributed by atoms with E-state index in [2.05, 4.69) is 32.6 Å². The molecule has 78 valence electrons. The van der Waals surface area contributed by atoms with E-state index in [1.165, 1.54) is 0 Å². The second-order valence-electron chi connectivity index (χ2n) is 4.64. The first kappa shape index (κ1) is 11.0. The average Bonchev–Trinajstić information content (AvgIpc) is 2.03. The zero-order valence-electron chi connectivity index (χ0n) is 9.33. The summed E-state index contributed by atoms with van der Waals surface area (Å²) in [6.07, 6.45) is 0. The Labute approximate surface area is 81.8 Å². The Morgan fingerprint density at radius 3 is 2.23 bits per heavy atom. The zero-order chi connectivity index (χ0) is 10.0. The van der Waals surface area contributed by atoms with E-state index in [0.29, 0.717) is 18.0 Å². The van der Waals surface area contributed by atoms with Crippen molar-refractivity contribution in [1.29, 1.82) is 0 Å². The molecule has 2 N–H and O–H groups in total. The van der Waals surface area contributed by atoms with E-state index in [0.717, 1.165) is 19.6 Å². The van der Waals surface area contributed by atoms with E-state index < -0.39 is 0 Å². The van der Waals surface area contributed by atoms with Crippen LogP contribution in [0.3, 0.4) is 0 Å². The van der Waals surface area contributed by atoms with Gasteiger partial charge in [0.2, 0.25) is 0 Å². The molecule has 3 heteroatoms. The van der Waals surface area contributed by atoms with Gasteiger partial charge in [0.05, 0.1) is 0 Å². The van der Waals surface area contributed by atoms with Crippen molar-refractivity contribution in [2.75, 3.05) is 19.6 Å². The molecule has 1 atom stereocenters. The second kappa shape index (κ2) is 4.40. The van der Waals surface area contributed by atoms with Gasteiger partial charge in [0.25, 0.3) is 0 Å². The van der Waals surface area contributed by atoms with Gasteiger partial charge in [-0.15, -0.1) is 0 Å². The summed E-state index contributed by atoms with van der Waals surface area (Å²) >= 11 is 0. The normalized spacial score (nSPS) is 27.5. The lowest BCUT2D eigenvalue weighted by Crippen LogP contribution is -2.59. The van der Waals surface area contributed by atoms with E-state index in [-0.39, 0.29) is 0 Å². The fourth-order valence-corrected chi connectivity index (χ4v) is 2.08. The van der Waals surface area contributed by atoms with Crippen molar-refractivity contribution >= 4 is 0 Å². The molecule has 13 heavy (non-hydrogen) atoms. The largest absolute Gasteiger partial charge is 0.295 e. The Balaban J connectivity index is 2.60. The molecule has 1 rings (SSSR count). The first-order valence-electron chi connectivity index (χ1n) is 5.27. The maximum absolute atomic E-state index is 5.83. The van der Waals surface area contributed by atoms with Crippen LogP contribution in [0.1, 0.15) is 27.7 Å². The molecule has 0 aromatic carbocycles. The number of hydrogen-bond donors (Lipinski definition) is 1. The summed E-state index contributed by atoms with van der Waals surface area (Å²) in [6, 6.07) is 1.26. The number of rotatable bonds is 2. The van der Waals surface area contributed by atoms with Gasteiger partial charge in [0.15, 0.2) is 0 Å². The predicted octanol–water partition coefficient (Wildman–Crippen LogP) is 0.911. The lowest BCUT2D eigenvalue weighted by atomic mass is 9.99. The molecular formula is C10H23N3. The first-order chi connectivity index (χ1) is 6.02. The van der Waals surface area contributed by atoms with Gasteiger partial charge >= 0.3 is 0 Å². The molecule has 0 spiro atoms. The van der Waals surface area contributed by atoms with Crippen LogP contribution in [0.25, 0.3) is 0 Å². The quantitative estimate of drug-likeness (QED) is 0.649. The lowest BCUT2D eigenvalue weighted by molar-refractivity contribution is 0.0284. The highest BCUT2D eigenvalue weighted by Crippen LogP contribution is 2.17. The molecular weight excluding hydrogens is 162 g/mol. The molecule has 0 aliphatic carbocycles. The van der Waals surface area contributed by atoms with E-state index in [9.17, 15) is 0 Å². The molecule has 1 aliphatic rings. The molecule has 1 heterocycles. The van der Waals surface area contributed by atoms with Crippen LogP contribution in [0.5, 0.6) is 0 Å². The van der Waals surface area contributed by atoms with Crippen LogP contribution in [0.15, 0.2) is 0 Å². The number of piperazine rings is 1. The number of hydrogen-bond acceptors (Lipinski definition) is 3. The van der Waals surface area contributed by atoms with Gasteiger partial charge in [-0.3, -0.25) is 10.7 Å². The van der Waals surface area contributed by atoms with Crippen molar-refractivity contribution < 1.29 is 0 Å². The van der Waals surface area contributed by atoms with Gasteiger partial charge in [-0.05, 0) is 19.8 Å². The van der Waals surface area contributed by atoms with Crippen LogP contribution in [0.4, 0.5) is 0 Å². The number of hydrazine groups is 1. The van der Waals surface area contributed by atoms with Gasteiger partial charge in [0.1, 0.15) is 0 Å². The Bertz CT molecular complexity index is 156. The van der Waals surface area contributed by atoms with E-state index >= 15 is 0 Å². The van der Waals surface area contributed by atoms with Gasteiger partial charge in [-0.1, -0.05) is 13.8 Å². The van der Waals surface area contributed by atoms with E-state index in [1.54, 1.807) is 0 Å². The standard InChI is InChI=1S/C10H23N3/c1-8(2)10-7-12(11)5-6-13(10)9(3)4/h8-10H,5-7,11H2,1-4H3. The molecule has 0 amide bonds. The van der Waals surface area contributed by atoms with Crippen molar-refractivity contribution in [2.45, 2.75) is 39.8 Å². The average molecular weight is 185 g/mol. The minimum atomic E-state index is 0.624. The fourth-order valence-electron chi connectivity index (χ4n) is 2.08. The molecule has 1 aliphatic heterocycles. The Morgan fingerprint density at radius 1 is 1.15 bits per heavy atom. The van der Waals surface area contributed by atoms with Crippen LogP contribution in [-0.4, -0.2) is 41.6 Å². The molecule has 1 fully saturated rings. The summed E-state index contributed by atoms with van der Waals surface area (Å²) in [5.74, 6) is 6.52. The summed E-state index contributed by atoms with van der Waals surface area (Å²) in [4.78, 5) is 2.56. The van der Waals surface area contributed by atoms with Crippen molar-refractivity contribution in [2.24, 2.45) is 11.8 Å². The smallest absolute Gasteiger partial charge is 0.0288 e. The van der Waals surface area contributed by atoms with Gasteiger partial charge in [0, 0.05) is 31.7 Å². The Kier molecular flexibility index (Phi) is 3.71. The molecule has 0 radical (unpaired) electrons. The highest BCUT2D eigenvalue weighted by molar-refractivity contribution is 4.84. The second-order valence-corrected chi connectivity index (χ2v) is 4.64. The van der Waals surface area contributed by atoms with Crippen molar-refractivity contribution in [3.05, 3.63) is 0 Å². The van der Waals surface area contributed by atoms with E-state index in [1.807, 2.05) is 5.01 Å². The number of nitrogens with two attached hydrogens (primary N) is 1. The SMILES string of the molecule is CC(C)C1CN(N)CCN1C(C)C. The van der Waals surface area contributed by atoms with Crippen molar-refractivity contribution in [3.8, 4) is 0 Å². The van der Waals surface area contributed by atoms with Crippen LogP contribution in [-0.2, 0) is 0 Å². The fraction of sp³-hybridized carbons (Fsp3) is 1.00. The third kappa shape index (κ3) is 2.66.